The number of hydrogen-bond donors (Lipinski definition) is 1. The van der Waals surface area contributed by atoms with Gasteiger partial charge in [0, 0.05) is 50.9 Å². The van der Waals surface area contributed by atoms with Gasteiger partial charge in [0.25, 0.3) is 5.91 Å². The third-order valence-corrected chi connectivity index (χ3v) is 6.64. The Hall–Kier alpha value is -2.41. The highest BCUT2D eigenvalue weighted by Gasteiger charge is 2.21. The molecule has 3 rings (SSSR count). The molecule has 0 bridgehead atoms. The van der Waals surface area contributed by atoms with E-state index < -0.39 is 11.2 Å². The predicted molar refractivity (Wildman–Crippen MR) is 134 cm³/mol. The van der Waals surface area contributed by atoms with E-state index in [1.54, 1.807) is 12.3 Å². The molecule has 7 heteroatoms. The maximum Gasteiger partial charge on any atom is 0.256 e. The Kier molecular flexibility index (Phi) is 9.30. The lowest BCUT2D eigenvalue weighted by Gasteiger charge is -2.34. The summed E-state index contributed by atoms with van der Waals surface area (Å²) in [5.41, 5.74) is 0.865. The summed E-state index contributed by atoms with van der Waals surface area (Å²) in [6, 6.07) is 3.08. The molecule has 1 aliphatic heterocycles. The number of nitrogens with zero attached hydrogens (tertiary/aromatic N) is 3. The van der Waals surface area contributed by atoms with Gasteiger partial charge in [0.2, 0.25) is 5.43 Å². The van der Waals surface area contributed by atoms with Gasteiger partial charge in [-0.15, -0.1) is 0 Å². The van der Waals surface area contributed by atoms with Crippen molar-refractivity contribution in [3.8, 4) is 0 Å². The molecule has 0 radical (unpaired) electrons. The van der Waals surface area contributed by atoms with Crippen LogP contribution in [0.4, 0.5) is 10.1 Å². The number of piperazine rings is 1. The Morgan fingerprint density at radius 1 is 1.00 bits per heavy atom. The molecule has 1 aromatic carbocycles. The van der Waals surface area contributed by atoms with Crippen LogP contribution in [-0.2, 0) is 6.54 Å². The summed E-state index contributed by atoms with van der Waals surface area (Å²) in [5, 5.41) is 3.14. The topological polar surface area (TPSA) is 57.6 Å². The summed E-state index contributed by atoms with van der Waals surface area (Å²) in [4.78, 5) is 30.1. The number of pyridine rings is 1. The molecule has 0 aliphatic carbocycles. The number of unbranched alkanes of at least 4 members (excludes halogenated alkanes) is 6. The van der Waals surface area contributed by atoms with Crippen molar-refractivity contribution < 1.29 is 9.18 Å². The Balaban J connectivity index is 1.73. The first-order valence-corrected chi connectivity index (χ1v) is 12.5. The Labute approximate surface area is 196 Å². The summed E-state index contributed by atoms with van der Waals surface area (Å²) in [5.74, 6) is -0.786. The van der Waals surface area contributed by atoms with Gasteiger partial charge in [-0.05, 0) is 32.5 Å². The number of rotatable bonds is 11. The van der Waals surface area contributed by atoms with E-state index in [1.165, 1.54) is 38.2 Å². The fourth-order valence-electron chi connectivity index (χ4n) is 4.49. The van der Waals surface area contributed by atoms with Crippen LogP contribution in [0.25, 0.3) is 10.9 Å². The molecular weight excluding hydrogens is 419 g/mol. The number of nitrogens with one attached hydrogen (secondary N) is 1. The molecule has 0 spiro atoms. The Bertz CT molecular complexity index is 996. The molecule has 2 aromatic rings. The molecule has 33 heavy (non-hydrogen) atoms. The number of aromatic nitrogens is 1. The summed E-state index contributed by atoms with van der Waals surface area (Å²) >= 11 is 0. The molecule has 0 unspecified atom stereocenters. The minimum Gasteiger partial charge on any atom is -0.367 e. The molecule has 1 saturated heterocycles. The molecule has 1 fully saturated rings. The fraction of sp³-hybridized carbons (Fsp3) is 0.615. The number of hydrogen-bond acceptors (Lipinski definition) is 4. The second-order valence-corrected chi connectivity index (χ2v) is 9.15. The van der Waals surface area contributed by atoms with Crippen LogP contribution < -0.4 is 15.6 Å². The first kappa shape index (κ1) is 25.2. The maximum absolute atomic E-state index is 15.0. The molecule has 182 valence electrons. The Morgan fingerprint density at radius 2 is 1.67 bits per heavy atom. The van der Waals surface area contributed by atoms with E-state index in [9.17, 15) is 9.59 Å². The molecule has 1 aromatic heterocycles. The van der Waals surface area contributed by atoms with Crippen LogP contribution in [0.2, 0.25) is 0 Å². The summed E-state index contributed by atoms with van der Waals surface area (Å²) in [7, 11) is 2.06. The van der Waals surface area contributed by atoms with Crippen molar-refractivity contribution in [2.75, 3.05) is 44.7 Å². The number of aryl methyl sites for hydroxylation is 1. The highest BCUT2D eigenvalue weighted by molar-refractivity contribution is 5.97. The minimum atomic E-state index is -0.410. The van der Waals surface area contributed by atoms with E-state index in [0.717, 1.165) is 39.0 Å². The van der Waals surface area contributed by atoms with Crippen LogP contribution in [0.15, 0.2) is 23.1 Å². The number of fused-ring (bicyclic) bond motifs is 1. The van der Waals surface area contributed by atoms with Crippen molar-refractivity contribution in [3.05, 3.63) is 39.9 Å². The SMILES string of the molecule is CCCCCCCCCNC(=O)c1cn(CC)c2cc(N3CCN(C)CC3)c(F)cc2c1=O. The van der Waals surface area contributed by atoms with Crippen LogP contribution >= 0.6 is 0 Å². The molecular formula is C26H39FN4O2. The third kappa shape index (κ3) is 6.34. The lowest BCUT2D eigenvalue weighted by atomic mass is 10.1. The van der Waals surface area contributed by atoms with Gasteiger partial charge in [0.05, 0.1) is 11.2 Å². The predicted octanol–water partition coefficient (Wildman–Crippen LogP) is 4.39. The van der Waals surface area contributed by atoms with Crippen molar-refractivity contribution in [1.29, 1.82) is 0 Å². The average Bonchev–Trinajstić information content (AvgIpc) is 2.81. The number of carbonyl (C=O) groups is 1. The second kappa shape index (κ2) is 12.2. The zero-order valence-electron chi connectivity index (χ0n) is 20.5. The first-order chi connectivity index (χ1) is 16.0. The van der Waals surface area contributed by atoms with E-state index in [1.807, 2.05) is 16.4 Å². The molecule has 1 amide bonds. The second-order valence-electron chi connectivity index (χ2n) is 9.15. The fourth-order valence-corrected chi connectivity index (χ4v) is 4.49. The minimum absolute atomic E-state index is 0.0824. The lowest BCUT2D eigenvalue weighted by molar-refractivity contribution is 0.0951. The monoisotopic (exact) mass is 458 g/mol. The summed E-state index contributed by atoms with van der Waals surface area (Å²) in [6.45, 7) is 8.53. The lowest BCUT2D eigenvalue weighted by Crippen LogP contribution is -2.44. The van der Waals surface area contributed by atoms with Gasteiger partial charge in [-0.2, -0.15) is 0 Å². The number of likely N-dealkylation sites (N-methyl/N-ethyl adjacent to an activating group) is 1. The average molecular weight is 459 g/mol. The van der Waals surface area contributed by atoms with Crippen LogP contribution in [0.3, 0.4) is 0 Å². The quantitative estimate of drug-likeness (QED) is 0.508. The number of carbonyl (C=O) groups excluding carboxylic acids is 1. The normalized spacial score (nSPS) is 14.7. The van der Waals surface area contributed by atoms with Gasteiger partial charge in [0.15, 0.2) is 0 Å². The van der Waals surface area contributed by atoms with Gasteiger partial charge in [-0.1, -0.05) is 45.4 Å². The smallest absolute Gasteiger partial charge is 0.256 e. The maximum atomic E-state index is 15.0. The molecule has 6 nitrogen and oxygen atoms in total. The zero-order chi connectivity index (χ0) is 23.8. The Morgan fingerprint density at radius 3 is 2.33 bits per heavy atom. The van der Waals surface area contributed by atoms with Crippen molar-refractivity contribution in [3.63, 3.8) is 0 Å². The summed E-state index contributed by atoms with van der Waals surface area (Å²) in [6.07, 6.45) is 9.77. The molecule has 1 N–H and O–H groups in total. The van der Waals surface area contributed by atoms with E-state index in [4.69, 9.17) is 0 Å². The van der Waals surface area contributed by atoms with Crippen LogP contribution in [0.1, 0.15) is 69.2 Å². The van der Waals surface area contributed by atoms with E-state index in [2.05, 4.69) is 24.2 Å². The highest BCUT2D eigenvalue weighted by Crippen LogP contribution is 2.26. The third-order valence-electron chi connectivity index (χ3n) is 6.64. The van der Waals surface area contributed by atoms with Crippen molar-refractivity contribution in [2.45, 2.75) is 65.3 Å². The van der Waals surface area contributed by atoms with Crippen molar-refractivity contribution in [1.82, 2.24) is 14.8 Å². The van der Waals surface area contributed by atoms with Gasteiger partial charge in [-0.3, -0.25) is 9.59 Å². The van der Waals surface area contributed by atoms with Gasteiger partial charge in [0.1, 0.15) is 11.4 Å². The highest BCUT2D eigenvalue weighted by atomic mass is 19.1. The molecule has 2 heterocycles. The van der Waals surface area contributed by atoms with Crippen LogP contribution in [0.5, 0.6) is 0 Å². The molecule has 0 atom stereocenters. The number of halogens is 1. The van der Waals surface area contributed by atoms with Gasteiger partial charge >= 0.3 is 0 Å². The van der Waals surface area contributed by atoms with E-state index >= 15 is 4.39 Å². The number of amides is 1. The van der Waals surface area contributed by atoms with Crippen molar-refractivity contribution in [2.24, 2.45) is 0 Å². The van der Waals surface area contributed by atoms with E-state index in [-0.39, 0.29) is 16.9 Å². The largest absolute Gasteiger partial charge is 0.367 e. The molecule has 0 saturated carbocycles. The van der Waals surface area contributed by atoms with Gasteiger partial charge < -0.3 is 19.7 Å². The number of benzene rings is 1. The molecule has 1 aliphatic rings. The van der Waals surface area contributed by atoms with E-state index in [0.29, 0.717) is 24.3 Å². The van der Waals surface area contributed by atoms with Crippen molar-refractivity contribution >= 4 is 22.5 Å². The standard InChI is InChI=1S/C26H39FN4O2/c1-4-6-7-8-9-10-11-12-28-26(33)21-19-30(5-2)23-18-24(22(27)17-20(23)25(21)32)31-15-13-29(3)14-16-31/h17-19H,4-16H2,1-3H3,(H,28,33). The van der Waals surface area contributed by atoms with Crippen LogP contribution in [-0.4, -0.2) is 55.1 Å². The van der Waals surface area contributed by atoms with Gasteiger partial charge in [-0.25, -0.2) is 4.39 Å². The summed E-state index contributed by atoms with van der Waals surface area (Å²) < 4.78 is 16.9. The zero-order valence-corrected chi connectivity index (χ0v) is 20.5. The van der Waals surface area contributed by atoms with Crippen LogP contribution in [0, 0.1) is 5.82 Å². The first-order valence-electron chi connectivity index (χ1n) is 12.5. The number of anilines is 1.